The zero-order valence-corrected chi connectivity index (χ0v) is 8.64. The average Bonchev–Trinajstić information content (AvgIpc) is 2.60. The fourth-order valence-electron chi connectivity index (χ4n) is 1.30. The number of carboxylic acid groups (broad SMARTS) is 1. The Kier molecular flexibility index (Phi) is 4.24. The first kappa shape index (κ1) is 12.4. The lowest BCUT2D eigenvalue weighted by Gasteiger charge is -2.09. The summed E-state index contributed by atoms with van der Waals surface area (Å²) in [6, 6.07) is -1.66. The molecule has 7 heteroatoms. The number of carbonyl (C=O) groups is 3. The van der Waals surface area contributed by atoms with Crippen molar-refractivity contribution in [3.05, 3.63) is 0 Å². The Morgan fingerprint density at radius 3 is 2.81 bits per heavy atom. The molecule has 0 saturated carbocycles. The molecule has 1 aliphatic heterocycles. The molecule has 1 fully saturated rings. The van der Waals surface area contributed by atoms with Gasteiger partial charge in [0.2, 0.25) is 5.91 Å². The van der Waals surface area contributed by atoms with Crippen molar-refractivity contribution in [2.45, 2.75) is 31.3 Å². The summed E-state index contributed by atoms with van der Waals surface area (Å²) in [7, 11) is 0. The number of carbonyl (C=O) groups excluding carboxylic acids is 2. The van der Waals surface area contributed by atoms with Gasteiger partial charge in [-0.1, -0.05) is 0 Å². The van der Waals surface area contributed by atoms with Gasteiger partial charge in [-0.05, 0) is 6.42 Å². The minimum atomic E-state index is -1.15. The number of esters is 1. The number of nitrogens with one attached hydrogen (secondary N) is 1. The number of nitrogens with two attached hydrogens (primary N) is 1. The minimum Gasteiger partial charge on any atom is -0.480 e. The summed E-state index contributed by atoms with van der Waals surface area (Å²) in [6.45, 7) is 0.304. The number of cyclic esters (lactones) is 1. The van der Waals surface area contributed by atoms with Gasteiger partial charge in [-0.15, -0.1) is 0 Å². The number of hydrogen-bond donors (Lipinski definition) is 3. The summed E-state index contributed by atoms with van der Waals surface area (Å²) >= 11 is 0. The van der Waals surface area contributed by atoms with Gasteiger partial charge in [-0.2, -0.15) is 0 Å². The highest BCUT2D eigenvalue weighted by Gasteiger charge is 2.27. The Labute approximate surface area is 91.9 Å². The van der Waals surface area contributed by atoms with Crippen LogP contribution in [-0.2, 0) is 19.1 Å². The molecule has 0 spiro atoms. The van der Waals surface area contributed by atoms with Crippen LogP contribution in [0.5, 0.6) is 0 Å². The maximum Gasteiger partial charge on any atom is 0.328 e. The van der Waals surface area contributed by atoms with E-state index in [2.05, 4.69) is 10.1 Å². The van der Waals surface area contributed by atoms with E-state index in [0.717, 1.165) is 0 Å². The van der Waals surface area contributed by atoms with Gasteiger partial charge in [0.25, 0.3) is 0 Å². The average molecular weight is 230 g/mol. The molecule has 7 nitrogen and oxygen atoms in total. The van der Waals surface area contributed by atoms with Crippen molar-refractivity contribution >= 4 is 17.8 Å². The Hall–Kier alpha value is -1.63. The van der Waals surface area contributed by atoms with Crippen LogP contribution < -0.4 is 11.1 Å². The molecule has 1 rings (SSSR count). The van der Waals surface area contributed by atoms with Crippen LogP contribution in [0.1, 0.15) is 19.3 Å². The van der Waals surface area contributed by atoms with Gasteiger partial charge in [0.05, 0.1) is 6.61 Å². The zero-order valence-electron chi connectivity index (χ0n) is 8.64. The predicted octanol–water partition coefficient (Wildman–Crippen LogP) is -1.39. The van der Waals surface area contributed by atoms with Gasteiger partial charge >= 0.3 is 11.9 Å². The molecule has 2 atom stereocenters. The molecule has 1 amide bonds. The maximum absolute atomic E-state index is 11.3. The molecule has 1 aliphatic rings. The fourth-order valence-corrected chi connectivity index (χ4v) is 1.30. The van der Waals surface area contributed by atoms with E-state index in [1.54, 1.807) is 0 Å². The molecule has 2 unspecified atom stereocenters. The monoisotopic (exact) mass is 230 g/mol. The Morgan fingerprint density at radius 2 is 2.31 bits per heavy atom. The zero-order chi connectivity index (χ0) is 12.1. The molecule has 0 aliphatic carbocycles. The lowest BCUT2D eigenvalue weighted by Crippen LogP contribution is -2.39. The first-order chi connectivity index (χ1) is 7.50. The second-order valence-corrected chi connectivity index (χ2v) is 3.56. The SMILES string of the molecule is NC(CCC(=O)NC1CCOC1=O)C(=O)O. The van der Waals surface area contributed by atoms with Gasteiger partial charge in [-0.3, -0.25) is 9.59 Å². The van der Waals surface area contributed by atoms with E-state index < -0.39 is 24.0 Å². The highest BCUT2D eigenvalue weighted by atomic mass is 16.5. The number of aliphatic carboxylic acids is 1. The quantitative estimate of drug-likeness (QED) is 0.500. The molecule has 0 bridgehead atoms. The summed E-state index contributed by atoms with van der Waals surface area (Å²) in [5.41, 5.74) is 5.23. The molecule has 1 saturated heterocycles. The number of ether oxygens (including phenoxy) is 1. The van der Waals surface area contributed by atoms with Gasteiger partial charge in [0, 0.05) is 12.8 Å². The van der Waals surface area contributed by atoms with E-state index in [1.165, 1.54) is 0 Å². The van der Waals surface area contributed by atoms with Crippen molar-refractivity contribution in [2.24, 2.45) is 5.73 Å². The highest BCUT2D eigenvalue weighted by Crippen LogP contribution is 2.06. The van der Waals surface area contributed by atoms with Crippen LogP contribution in [0, 0.1) is 0 Å². The van der Waals surface area contributed by atoms with Gasteiger partial charge in [-0.25, -0.2) is 4.79 Å². The Morgan fingerprint density at radius 1 is 1.62 bits per heavy atom. The van der Waals surface area contributed by atoms with Crippen molar-refractivity contribution in [3.63, 3.8) is 0 Å². The summed E-state index contributed by atoms with van der Waals surface area (Å²) in [5, 5.41) is 11.0. The van der Waals surface area contributed by atoms with Gasteiger partial charge in [0.1, 0.15) is 12.1 Å². The topological polar surface area (TPSA) is 119 Å². The highest BCUT2D eigenvalue weighted by molar-refractivity contribution is 5.85. The van der Waals surface area contributed by atoms with Gasteiger partial charge in [0.15, 0.2) is 0 Å². The number of amides is 1. The molecule has 0 aromatic carbocycles. The van der Waals surface area contributed by atoms with Crippen molar-refractivity contribution in [2.75, 3.05) is 6.61 Å². The van der Waals surface area contributed by atoms with Crippen LogP contribution in [0.2, 0.25) is 0 Å². The Balaban J connectivity index is 2.25. The van der Waals surface area contributed by atoms with Crippen LogP contribution in [0.4, 0.5) is 0 Å². The maximum atomic E-state index is 11.3. The van der Waals surface area contributed by atoms with Crippen LogP contribution in [-0.4, -0.2) is 41.6 Å². The molecule has 0 aromatic rings. The van der Waals surface area contributed by atoms with Crippen molar-refractivity contribution in [1.29, 1.82) is 0 Å². The molecule has 0 aromatic heterocycles. The molecular weight excluding hydrogens is 216 g/mol. The van der Waals surface area contributed by atoms with E-state index in [0.29, 0.717) is 13.0 Å². The Bertz CT molecular complexity index is 304. The molecule has 4 N–H and O–H groups in total. The minimum absolute atomic E-state index is 0.0166. The predicted molar refractivity (Wildman–Crippen MR) is 52.4 cm³/mol. The van der Waals surface area contributed by atoms with E-state index in [9.17, 15) is 14.4 Å². The van der Waals surface area contributed by atoms with Crippen LogP contribution in [0.25, 0.3) is 0 Å². The smallest absolute Gasteiger partial charge is 0.328 e. The normalized spacial score (nSPS) is 21.3. The summed E-state index contributed by atoms with van der Waals surface area (Å²) in [4.78, 5) is 32.7. The molecule has 0 radical (unpaired) electrons. The first-order valence-electron chi connectivity index (χ1n) is 4.95. The molecule has 1 heterocycles. The second kappa shape index (κ2) is 5.45. The van der Waals surface area contributed by atoms with Crippen molar-refractivity contribution in [1.82, 2.24) is 5.32 Å². The molecule has 16 heavy (non-hydrogen) atoms. The van der Waals surface area contributed by atoms with Gasteiger partial charge < -0.3 is 20.9 Å². The number of hydrogen-bond acceptors (Lipinski definition) is 5. The van der Waals surface area contributed by atoms with E-state index in [1.807, 2.05) is 0 Å². The second-order valence-electron chi connectivity index (χ2n) is 3.56. The van der Waals surface area contributed by atoms with E-state index in [4.69, 9.17) is 10.8 Å². The number of rotatable bonds is 5. The largest absolute Gasteiger partial charge is 0.480 e. The number of carboxylic acids is 1. The van der Waals surface area contributed by atoms with Crippen LogP contribution in [0.15, 0.2) is 0 Å². The summed E-state index contributed by atoms with van der Waals surface area (Å²) in [6.07, 6.45) is 0.482. The first-order valence-corrected chi connectivity index (χ1v) is 4.95. The standard InChI is InChI=1S/C9H14N2O5/c10-5(8(13)14)1-2-7(12)11-6-3-4-16-9(6)15/h5-6H,1-4,10H2,(H,11,12)(H,13,14). The third-order valence-corrected chi connectivity index (χ3v) is 2.27. The molecule has 90 valence electrons. The van der Waals surface area contributed by atoms with E-state index in [-0.39, 0.29) is 18.7 Å². The van der Waals surface area contributed by atoms with Crippen molar-refractivity contribution < 1.29 is 24.2 Å². The molecular formula is C9H14N2O5. The van der Waals surface area contributed by atoms with Crippen LogP contribution >= 0.6 is 0 Å². The van der Waals surface area contributed by atoms with Crippen LogP contribution in [0.3, 0.4) is 0 Å². The third-order valence-electron chi connectivity index (χ3n) is 2.27. The fraction of sp³-hybridized carbons (Fsp3) is 0.667. The van der Waals surface area contributed by atoms with E-state index >= 15 is 0 Å². The lowest BCUT2D eigenvalue weighted by molar-refractivity contribution is -0.142. The third kappa shape index (κ3) is 3.50. The summed E-state index contributed by atoms with van der Waals surface area (Å²) < 4.78 is 4.66. The van der Waals surface area contributed by atoms with Crippen molar-refractivity contribution in [3.8, 4) is 0 Å². The summed E-state index contributed by atoms with van der Waals surface area (Å²) in [5.74, 6) is -1.98. The lowest BCUT2D eigenvalue weighted by atomic mass is 10.1.